The number of nitrogens with zero attached hydrogens (tertiary/aromatic N) is 3. The summed E-state index contributed by atoms with van der Waals surface area (Å²) in [5.41, 5.74) is 4.51. The highest BCUT2D eigenvalue weighted by Crippen LogP contribution is 2.34. The van der Waals surface area contributed by atoms with Crippen LogP contribution in [0.5, 0.6) is 0 Å². The molecule has 2 aromatic carbocycles. The Labute approximate surface area is 230 Å². The molecule has 2 aliphatic heterocycles. The Morgan fingerprint density at radius 1 is 1.03 bits per heavy atom. The number of carbonyl (C=O) groups excluding carboxylic acids is 3. The number of fused-ring (bicyclic) bond motifs is 4. The summed E-state index contributed by atoms with van der Waals surface area (Å²) in [6, 6.07) is 15.6. The molecule has 0 aliphatic carbocycles. The Morgan fingerprint density at radius 3 is 2.49 bits per heavy atom. The van der Waals surface area contributed by atoms with Gasteiger partial charge in [0.25, 0.3) is 0 Å². The summed E-state index contributed by atoms with van der Waals surface area (Å²) >= 11 is 0. The van der Waals surface area contributed by atoms with E-state index in [4.69, 9.17) is 4.74 Å². The van der Waals surface area contributed by atoms with Crippen molar-refractivity contribution in [3.05, 3.63) is 70.9 Å². The van der Waals surface area contributed by atoms with Gasteiger partial charge in [0, 0.05) is 29.7 Å². The molecule has 7 nitrogen and oxygen atoms in total. The normalized spacial score (nSPS) is 18.0. The zero-order valence-electron chi connectivity index (χ0n) is 23.5. The van der Waals surface area contributed by atoms with E-state index in [-0.39, 0.29) is 24.3 Å². The predicted molar refractivity (Wildman–Crippen MR) is 151 cm³/mol. The van der Waals surface area contributed by atoms with Crippen LogP contribution in [0.1, 0.15) is 80.6 Å². The van der Waals surface area contributed by atoms with Gasteiger partial charge in [0.05, 0.1) is 18.7 Å². The molecule has 3 heterocycles. The smallest absolute Gasteiger partial charge is 0.338 e. The van der Waals surface area contributed by atoms with Crippen molar-refractivity contribution in [1.82, 2.24) is 14.4 Å². The number of benzene rings is 2. The molecular weight excluding hydrogens is 490 g/mol. The van der Waals surface area contributed by atoms with E-state index in [0.29, 0.717) is 31.6 Å². The SMILES string of the molecule is CCCCN1CC(=O)N2Cc3c(c4ccccc4n3Cc3ccc(C(=O)OC(C)(C)C)cc3)CCCC2C1=O. The molecule has 5 rings (SSSR count). The summed E-state index contributed by atoms with van der Waals surface area (Å²) in [7, 11) is 0. The lowest BCUT2D eigenvalue weighted by atomic mass is 9.95. The standard InChI is InChI=1S/C32H39N3O4/c1-5-6-18-33-21-29(36)35-20-28-25(11-9-13-27(35)30(33)37)24-10-7-8-12-26(24)34(28)19-22-14-16-23(17-15-22)31(38)39-32(2,3)4/h7-8,10,12,14-17,27H,5-6,9,11,13,18-21H2,1-4H3. The Hall–Kier alpha value is -3.61. The molecule has 1 aromatic heterocycles. The van der Waals surface area contributed by atoms with Gasteiger partial charge in [-0.1, -0.05) is 43.7 Å². The average molecular weight is 530 g/mol. The first kappa shape index (κ1) is 27.0. The molecule has 1 fully saturated rings. The lowest BCUT2D eigenvalue weighted by Gasteiger charge is -2.41. The minimum Gasteiger partial charge on any atom is -0.456 e. The van der Waals surface area contributed by atoms with E-state index >= 15 is 0 Å². The number of aromatic nitrogens is 1. The van der Waals surface area contributed by atoms with Crippen molar-refractivity contribution in [1.29, 1.82) is 0 Å². The van der Waals surface area contributed by atoms with Gasteiger partial charge in [-0.25, -0.2) is 4.79 Å². The Kier molecular flexibility index (Phi) is 7.52. The molecule has 39 heavy (non-hydrogen) atoms. The molecule has 1 unspecified atom stereocenters. The zero-order valence-corrected chi connectivity index (χ0v) is 23.5. The molecule has 0 bridgehead atoms. The maximum absolute atomic E-state index is 13.4. The Bertz CT molecular complexity index is 1380. The van der Waals surface area contributed by atoms with E-state index in [1.807, 2.05) is 56.0 Å². The molecule has 0 spiro atoms. The molecular formula is C32H39N3O4. The Balaban J connectivity index is 1.47. The van der Waals surface area contributed by atoms with Crippen LogP contribution in [0.2, 0.25) is 0 Å². The minimum atomic E-state index is -0.547. The van der Waals surface area contributed by atoms with Crippen LogP contribution < -0.4 is 0 Å². The molecule has 0 saturated carbocycles. The third kappa shape index (κ3) is 5.58. The van der Waals surface area contributed by atoms with Gasteiger partial charge in [0.2, 0.25) is 11.8 Å². The first-order chi connectivity index (χ1) is 18.7. The molecule has 7 heteroatoms. The number of rotatable bonds is 6. The third-order valence-electron chi connectivity index (χ3n) is 7.75. The average Bonchev–Trinajstić information content (AvgIpc) is 3.15. The summed E-state index contributed by atoms with van der Waals surface area (Å²) in [6.45, 7) is 9.52. The van der Waals surface area contributed by atoms with Crippen molar-refractivity contribution in [2.75, 3.05) is 13.1 Å². The summed E-state index contributed by atoms with van der Waals surface area (Å²) in [5, 5.41) is 1.21. The number of aryl methyl sites for hydroxylation is 1. The molecule has 1 saturated heterocycles. The molecule has 2 aliphatic rings. The molecule has 0 N–H and O–H groups in total. The first-order valence-electron chi connectivity index (χ1n) is 14.2. The zero-order chi connectivity index (χ0) is 27.7. The van der Waals surface area contributed by atoms with Crippen molar-refractivity contribution in [2.45, 2.75) is 84.5 Å². The molecule has 2 amide bonds. The summed E-state index contributed by atoms with van der Waals surface area (Å²) in [5.74, 6) is -0.216. The van der Waals surface area contributed by atoms with E-state index in [0.717, 1.165) is 42.5 Å². The van der Waals surface area contributed by atoms with Crippen LogP contribution >= 0.6 is 0 Å². The van der Waals surface area contributed by atoms with Gasteiger partial charge in [-0.15, -0.1) is 0 Å². The summed E-state index contributed by atoms with van der Waals surface area (Å²) < 4.78 is 7.80. The van der Waals surface area contributed by atoms with Gasteiger partial charge in [0.1, 0.15) is 11.6 Å². The van der Waals surface area contributed by atoms with Gasteiger partial charge in [-0.05, 0) is 75.8 Å². The largest absolute Gasteiger partial charge is 0.456 e. The molecule has 206 valence electrons. The minimum absolute atomic E-state index is 0.0297. The van der Waals surface area contributed by atoms with Crippen LogP contribution in [0.25, 0.3) is 10.9 Å². The number of hydrogen-bond acceptors (Lipinski definition) is 4. The highest BCUT2D eigenvalue weighted by atomic mass is 16.6. The van der Waals surface area contributed by atoms with Gasteiger partial charge < -0.3 is 19.1 Å². The lowest BCUT2D eigenvalue weighted by molar-refractivity contribution is -0.157. The van der Waals surface area contributed by atoms with Crippen LogP contribution in [-0.4, -0.2) is 56.9 Å². The summed E-state index contributed by atoms with van der Waals surface area (Å²) in [4.78, 5) is 42.9. The van der Waals surface area contributed by atoms with E-state index < -0.39 is 11.6 Å². The third-order valence-corrected chi connectivity index (χ3v) is 7.75. The second-order valence-corrected chi connectivity index (χ2v) is 11.8. The van der Waals surface area contributed by atoms with Crippen LogP contribution in [0, 0.1) is 0 Å². The van der Waals surface area contributed by atoms with Crippen LogP contribution in [0.4, 0.5) is 0 Å². The summed E-state index contributed by atoms with van der Waals surface area (Å²) in [6.07, 6.45) is 4.33. The topological polar surface area (TPSA) is 71.8 Å². The predicted octanol–water partition coefficient (Wildman–Crippen LogP) is 5.32. The maximum atomic E-state index is 13.4. The number of carbonyl (C=O) groups is 3. The van der Waals surface area contributed by atoms with Crippen molar-refractivity contribution >= 4 is 28.7 Å². The van der Waals surface area contributed by atoms with E-state index in [2.05, 4.69) is 29.7 Å². The van der Waals surface area contributed by atoms with Crippen molar-refractivity contribution in [3.8, 4) is 0 Å². The van der Waals surface area contributed by atoms with Crippen LogP contribution in [0.15, 0.2) is 48.5 Å². The molecule has 1 atom stereocenters. The quantitative estimate of drug-likeness (QED) is 0.405. The van der Waals surface area contributed by atoms with Crippen molar-refractivity contribution in [3.63, 3.8) is 0 Å². The van der Waals surface area contributed by atoms with E-state index in [1.165, 1.54) is 10.9 Å². The number of para-hydroxylation sites is 1. The highest BCUT2D eigenvalue weighted by Gasteiger charge is 2.40. The second-order valence-electron chi connectivity index (χ2n) is 11.8. The van der Waals surface area contributed by atoms with Gasteiger partial charge in [0.15, 0.2) is 0 Å². The first-order valence-corrected chi connectivity index (χ1v) is 14.2. The van der Waals surface area contributed by atoms with Crippen molar-refractivity contribution in [2.24, 2.45) is 0 Å². The Morgan fingerprint density at radius 2 is 1.77 bits per heavy atom. The number of piperazine rings is 1. The molecule has 0 radical (unpaired) electrons. The maximum Gasteiger partial charge on any atom is 0.338 e. The van der Waals surface area contributed by atoms with Gasteiger partial charge in [-0.2, -0.15) is 0 Å². The van der Waals surface area contributed by atoms with Crippen molar-refractivity contribution < 1.29 is 19.1 Å². The highest BCUT2D eigenvalue weighted by molar-refractivity contribution is 5.95. The fourth-order valence-electron chi connectivity index (χ4n) is 5.83. The van der Waals surface area contributed by atoms with Gasteiger partial charge in [-0.3, -0.25) is 9.59 Å². The van der Waals surface area contributed by atoms with E-state index in [1.54, 1.807) is 4.90 Å². The fourth-order valence-corrected chi connectivity index (χ4v) is 5.83. The molecule has 3 aromatic rings. The second kappa shape index (κ2) is 10.9. The number of esters is 1. The number of hydrogen-bond donors (Lipinski definition) is 0. The fraction of sp³-hybridized carbons (Fsp3) is 0.469. The van der Waals surface area contributed by atoms with Crippen LogP contribution in [-0.2, 0) is 33.8 Å². The number of amides is 2. The lowest BCUT2D eigenvalue weighted by Crippen LogP contribution is -2.60. The number of ether oxygens (including phenoxy) is 1. The van der Waals surface area contributed by atoms with Crippen LogP contribution in [0.3, 0.4) is 0 Å². The van der Waals surface area contributed by atoms with E-state index in [9.17, 15) is 14.4 Å². The number of unbranched alkanes of at least 4 members (excludes halogenated alkanes) is 1. The van der Waals surface area contributed by atoms with Gasteiger partial charge >= 0.3 is 5.97 Å². The monoisotopic (exact) mass is 529 g/mol.